The zero-order valence-electron chi connectivity index (χ0n) is 20.3. The predicted molar refractivity (Wildman–Crippen MR) is 131 cm³/mol. The smallest absolute Gasteiger partial charge is 0.410 e. The molecule has 1 unspecified atom stereocenters. The molecule has 0 N–H and O–H groups in total. The summed E-state index contributed by atoms with van der Waals surface area (Å²) in [5, 5.41) is 8.42. The van der Waals surface area contributed by atoms with Crippen LogP contribution in [0.3, 0.4) is 0 Å². The van der Waals surface area contributed by atoms with E-state index in [4.69, 9.17) is 14.5 Å². The molecule has 1 saturated heterocycles. The first-order chi connectivity index (χ1) is 16.9. The molecule has 4 heterocycles. The maximum Gasteiger partial charge on any atom is 0.410 e. The number of carbonyl (C=O) groups is 1. The van der Waals surface area contributed by atoms with Crippen molar-refractivity contribution in [1.82, 2.24) is 24.9 Å². The monoisotopic (exact) mass is 474 g/mol. The second-order valence-corrected chi connectivity index (χ2v) is 10.5. The molecule has 3 aliphatic rings. The molecule has 2 aliphatic heterocycles. The molecule has 182 valence electrons. The fraction of sp³-hybridized carbons (Fsp3) is 0.462. The molecule has 2 aromatic heterocycles. The average Bonchev–Trinajstić information content (AvgIpc) is 3.29. The van der Waals surface area contributed by atoms with Crippen molar-refractivity contribution in [2.75, 3.05) is 18.0 Å². The number of carbonyl (C=O) groups excluding carboxylic acids is 1. The largest absolute Gasteiger partial charge is 0.472 e. The number of ether oxygens (including phenoxy) is 2. The highest BCUT2D eigenvalue weighted by molar-refractivity contribution is 5.76. The Labute approximate surface area is 204 Å². The summed E-state index contributed by atoms with van der Waals surface area (Å²) in [7, 11) is 0. The minimum atomic E-state index is -0.494. The Morgan fingerprint density at radius 1 is 1.06 bits per heavy atom. The molecule has 6 rings (SSSR count). The Hall–Kier alpha value is -3.62. The van der Waals surface area contributed by atoms with Crippen molar-refractivity contribution in [2.24, 2.45) is 0 Å². The van der Waals surface area contributed by atoms with Gasteiger partial charge >= 0.3 is 6.09 Å². The molecule has 35 heavy (non-hydrogen) atoms. The van der Waals surface area contributed by atoms with Crippen molar-refractivity contribution in [3.63, 3.8) is 0 Å². The topological polar surface area (TPSA) is 85.6 Å². The Morgan fingerprint density at radius 2 is 1.83 bits per heavy atom. The molecule has 0 radical (unpaired) electrons. The van der Waals surface area contributed by atoms with Gasteiger partial charge in [-0.15, -0.1) is 0 Å². The van der Waals surface area contributed by atoms with Gasteiger partial charge in [0.25, 0.3) is 0 Å². The van der Waals surface area contributed by atoms with E-state index < -0.39 is 5.60 Å². The SMILES string of the molecule is CC(C)(C)OC(=O)N(C1CC1)C1CCN(c2ccc3c(n2)OCc2cc(-n4nccn4)ccc2-3)C1. The molecule has 1 aliphatic carbocycles. The van der Waals surface area contributed by atoms with Gasteiger partial charge in [-0.25, -0.2) is 4.79 Å². The fourth-order valence-corrected chi connectivity index (χ4v) is 4.94. The molecule has 9 nitrogen and oxygen atoms in total. The number of nitrogens with zero attached hydrogens (tertiary/aromatic N) is 6. The minimum absolute atomic E-state index is 0.131. The molecule has 1 saturated carbocycles. The number of fused-ring (bicyclic) bond motifs is 3. The number of aromatic nitrogens is 4. The second kappa shape index (κ2) is 8.25. The van der Waals surface area contributed by atoms with Crippen LogP contribution in [0, 0.1) is 0 Å². The summed E-state index contributed by atoms with van der Waals surface area (Å²) < 4.78 is 11.8. The standard InChI is InChI=1S/C26H30N6O3/c1-26(2,3)35-25(33)31(18-4-5-18)20-10-13-30(15-20)23-9-8-22-21-7-6-19(32-27-11-12-28-32)14-17(21)16-34-24(22)29-23/h6-9,11-12,14,18,20H,4-5,10,13,15-16H2,1-3H3. The lowest BCUT2D eigenvalue weighted by Gasteiger charge is -2.32. The number of hydrogen-bond acceptors (Lipinski definition) is 7. The van der Waals surface area contributed by atoms with Gasteiger partial charge in [0.2, 0.25) is 5.88 Å². The first-order valence-corrected chi connectivity index (χ1v) is 12.3. The summed E-state index contributed by atoms with van der Waals surface area (Å²) in [5.74, 6) is 1.53. The highest BCUT2D eigenvalue weighted by atomic mass is 16.6. The number of pyridine rings is 1. The van der Waals surface area contributed by atoms with Gasteiger partial charge in [0.1, 0.15) is 18.0 Å². The third-order valence-electron chi connectivity index (χ3n) is 6.66. The number of rotatable bonds is 4. The van der Waals surface area contributed by atoms with Crippen LogP contribution in [0.15, 0.2) is 42.7 Å². The van der Waals surface area contributed by atoms with E-state index in [1.54, 1.807) is 17.2 Å². The van der Waals surface area contributed by atoms with Gasteiger partial charge in [0.15, 0.2) is 0 Å². The van der Waals surface area contributed by atoms with Crippen LogP contribution in [0.1, 0.15) is 45.6 Å². The molecule has 3 aromatic rings. The van der Waals surface area contributed by atoms with Crippen molar-refractivity contribution in [2.45, 2.75) is 64.3 Å². The van der Waals surface area contributed by atoms with E-state index in [0.29, 0.717) is 18.5 Å². The third kappa shape index (κ3) is 4.31. The Balaban J connectivity index is 1.20. The summed E-state index contributed by atoms with van der Waals surface area (Å²) in [6.45, 7) is 7.80. The second-order valence-electron chi connectivity index (χ2n) is 10.5. The molecule has 0 spiro atoms. The number of amides is 1. The molecule has 1 aromatic carbocycles. The molecule has 1 atom stereocenters. The highest BCUT2D eigenvalue weighted by Crippen LogP contribution is 2.39. The van der Waals surface area contributed by atoms with Crippen LogP contribution in [-0.2, 0) is 11.3 Å². The van der Waals surface area contributed by atoms with Crippen LogP contribution < -0.4 is 9.64 Å². The van der Waals surface area contributed by atoms with Gasteiger partial charge in [-0.1, -0.05) is 6.07 Å². The summed E-state index contributed by atoms with van der Waals surface area (Å²) in [5.41, 5.74) is 3.59. The van der Waals surface area contributed by atoms with Crippen molar-refractivity contribution in [3.05, 3.63) is 48.3 Å². The van der Waals surface area contributed by atoms with Crippen LogP contribution in [-0.4, -0.2) is 61.7 Å². The van der Waals surface area contributed by atoms with Crippen molar-refractivity contribution >= 4 is 11.9 Å². The summed E-state index contributed by atoms with van der Waals surface area (Å²) >= 11 is 0. The first-order valence-electron chi connectivity index (χ1n) is 12.3. The molecular formula is C26H30N6O3. The summed E-state index contributed by atoms with van der Waals surface area (Å²) in [4.78, 5) is 23.6. The van der Waals surface area contributed by atoms with Crippen molar-refractivity contribution in [3.8, 4) is 22.7 Å². The first kappa shape index (κ1) is 21.9. The fourth-order valence-electron chi connectivity index (χ4n) is 4.94. The van der Waals surface area contributed by atoms with Gasteiger partial charge in [-0.05, 0) is 75.4 Å². The van der Waals surface area contributed by atoms with Gasteiger partial charge in [-0.3, -0.25) is 0 Å². The quantitative estimate of drug-likeness (QED) is 0.560. The average molecular weight is 475 g/mol. The van der Waals surface area contributed by atoms with E-state index in [0.717, 1.165) is 60.5 Å². The van der Waals surface area contributed by atoms with Crippen LogP contribution in [0.2, 0.25) is 0 Å². The van der Waals surface area contributed by atoms with Crippen LogP contribution in [0.25, 0.3) is 16.8 Å². The van der Waals surface area contributed by atoms with E-state index in [2.05, 4.69) is 39.4 Å². The Morgan fingerprint density at radius 3 is 2.57 bits per heavy atom. The van der Waals surface area contributed by atoms with Gasteiger partial charge in [0.05, 0.1) is 24.1 Å². The zero-order valence-corrected chi connectivity index (χ0v) is 20.3. The Bertz CT molecular complexity index is 1250. The van der Waals surface area contributed by atoms with Gasteiger partial charge in [-0.2, -0.15) is 20.0 Å². The lowest BCUT2D eigenvalue weighted by Crippen LogP contribution is -2.46. The predicted octanol–water partition coefficient (Wildman–Crippen LogP) is 4.20. The normalized spacial score (nSPS) is 19.1. The van der Waals surface area contributed by atoms with E-state index in [9.17, 15) is 4.79 Å². The maximum atomic E-state index is 12.9. The zero-order chi connectivity index (χ0) is 24.2. The van der Waals surface area contributed by atoms with E-state index in [1.807, 2.05) is 31.7 Å². The van der Waals surface area contributed by atoms with Crippen LogP contribution in [0.5, 0.6) is 5.88 Å². The van der Waals surface area contributed by atoms with Crippen molar-refractivity contribution < 1.29 is 14.3 Å². The minimum Gasteiger partial charge on any atom is -0.472 e. The molecule has 9 heteroatoms. The number of hydrogen-bond donors (Lipinski definition) is 0. The molecule has 1 amide bonds. The lowest BCUT2D eigenvalue weighted by molar-refractivity contribution is 0.0158. The van der Waals surface area contributed by atoms with Crippen molar-refractivity contribution in [1.29, 1.82) is 0 Å². The maximum absolute atomic E-state index is 12.9. The lowest BCUT2D eigenvalue weighted by atomic mass is 9.98. The Kier molecular flexibility index (Phi) is 5.16. The number of anilines is 1. The molecule has 0 bridgehead atoms. The third-order valence-corrected chi connectivity index (χ3v) is 6.66. The highest BCUT2D eigenvalue weighted by Gasteiger charge is 2.42. The van der Waals surface area contributed by atoms with E-state index >= 15 is 0 Å². The van der Waals surface area contributed by atoms with Gasteiger partial charge in [0, 0.05) is 24.7 Å². The summed E-state index contributed by atoms with van der Waals surface area (Å²) in [6.07, 6.45) is 6.14. The number of benzene rings is 1. The van der Waals surface area contributed by atoms with Crippen LogP contribution >= 0.6 is 0 Å². The van der Waals surface area contributed by atoms with E-state index in [1.165, 1.54) is 0 Å². The van der Waals surface area contributed by atoms with Gasteiger partial charge < -0.3 is 19.3 Å². The molecule has 2 fully saturated rings. The van der Waals surface area contributed by atoms with E-state index in [-0.39, 0.29) is 12.1 Å². The van der Waals surface area contributed by atoms with Crippen LogP contribution in [0.4, 0.5) is 10.6 Å². The molecular weight excluding hydrogens is 444 g/mol. The summed E-state index contributed by atoms with van der Waals surface area (Å²) in [6, 6.07) is 10.7.